The molecule has 2 fully saturated rings. The van der Waals surface area contributed by atoms with Crippen LogP contribution < -0.4 is 0 Å². The second kappa shape index (κ2) is 17.2. The van der Waals surface area contributed by atoms with Crippen molar-refractivity contribution in [3.05, 3.63) is 63.2 Å². The molecule has 0 saturated heterocycles. The Labute approximate surface area is 314 Å². The fourth-order valence-corrected chi connectivity index (χ4v) is 8.69. The summed E-state index contributed by atoms with van der Waals surface area (Å²) in [6.45, 7) is 32.4. The van der Waals surface area contributed by atoms with Crippen molar-refractivity contribution in [1.82, 2.24) is 0 Å². The zero-order valence-electron chi connectivity index (χ0n) is 34.4. The summed E-state index contributed by atoms with van der Waals surface area (Å²) < 4.78 is 0. The second-order valence-corrected chi connectivity index (χ2v) is 21.0. The lowest BCUT2D eigenvalue weighted by molar-refractivity contribution is 0.349. The van der Waals surface area contributed by atoms with Gasteiger partial charge in [-0.1, -0.05) is 160 Å². The van der Waals surface area contributed by atoms with Gasteiger partial charge in [-0.3, -0.25) is 0 Å². The number of rotatable bonds is 9. The molecule has 0 bridgehead atoms. The quantitative estimate of drug-likeness (QED) is 0.253. The Balaban J connectivity index is 0.000000295. The molecule has 49 heavy (non-hydrogen) atoms. The monoisotopic (exact) mass is 709 g/mol. The first-order chi connectivity index (χ1) is 22.6. The summed E-state index contributed by atoms with van der Waals surface area (Å²) in [6.07, 6.45) is 14.4. The molecule has 1 nitrogen and oxygen atoms in total. The number of phenolic OH excluding ortho intramolecular Hbond substituents is 1. The minimum absolute atomic E-state index is 0.0525. The Morgan fingerprint density at radius 1 is 0.633 bits per heavy atom. The van der Waals surface area contributed by atoms with Crippen LogP contribution in [0.1, 0.15) is 206 Å². The van der Waals surface area contributed by atoms with Crippen LogP contribution in [-0.2, 0) is 33.2 Å². The standard InChI is InChI=1S/C29H48S.C17H28OS/c1-21(2)29(6,7)26-19-24(28(3,4)5)18-23(27(26)22-14-13-15-22)20-30-25-16-11-9-8-10-12-17-25;1-11(2)17(6,7)14-9-13(16(3,4)5)8-12(10-19)15(14)18/h18-19,21-22,25H,8-17,20H2,1-7H3;8-9,11,18-19H,10H2,1-7H3. The van der Waals surface area contributed by atoms with Gasteiger partial charge >= 0.3 is 0 Å². The van der Waals surface area contributed by atoms with E-state index in [0.29, 0.717) is 23.3 Å². The molecule has 2 saturated carbocycles. The molecule has 0 unspecified atom stereocenters. The van der Waals surface area contributed by atoms with Gasteiger partial charge < -0.3 is 5.11 Å². The summed E-state index contributed by atoms with van der Waals surface area (Å²) in [6, 6.07) is 9.48. The Morgan fingerprint density at radius 2 is 1.08 bits per heavy atom. The van der Waals surface area contributed by atoms with E-state index in [1.807, 2.05) is 0 Å². The number of hydrogen-bond donors (Lipinski definition) is 2. The van der Waals surface area contributed by atoms with Crippen LogP contribution in [0.4, 0.5) is 0 Å². The number of thioether (sulfide) groups is 1. The third kappa shape index (κ3) is 10.7. The van der Waals surface area contributed by atoms with Crippen molar-refractivity contribution in [2.75, 3.05) is 0 Å². The van der Waals surface area contributed by atoms with Crippen molar-refractivity contribution in [3.8, 4) is 5.75 Å². The molecule has 0 atom stereocenters. The fraction of sp³-hybridized carbons (Fsp3) is 0.739. The zero-order valence-corrected chi connectivity index (χ0v) is 36.1. The highest BCUT2D eigenvalue weighted by Crippen LogP contribution is 2.48. The van der Waals surface area contributed by atoms with Crippen molar-refractivity contribution >= 4 is 24.4 Å². The highest BCUT2D eigenvalue weighted by Gasteiger charge is 2.35. The van der Waals surface area contributed by atoms with Crippen molar-refractivity contribution in [2.45, 2.75) is 205 Å². The van der Waals surface area contributed by atoms with E-state index in [-0.39, 0.29) is 21.7 Å². The number of hydrogen-bond acceptors (Lipinski definition) is 3. The summed E-state index contributed by atoms with van der Waals surface area (Å²) >= 11 is 6.64. The minimum atomic E-state index is -0.0525. The number of aromatic hydroxyl groups is 1. The Hall–Kier alpha value is -1.06. The first kappa shape index (κ1) is 42.4. The van der Waals surface area contributed by atoms with Crippen molar-refractivity contribution < 1.29 is 5.11 Å². The van der Waals surface area contributed by atoms with Crippen LogP contribution >= 0.6 is 24.4 Å². The van der Waals surface area contributed by atoms with Gasteiger partial charge in [0.05, 0.1) is 0 Å². The van der Waals surface area contributed by atoms with Gasteiger partial charge in [-0.2, -0.15) is 24.4 Å². The zero-order chi connectivity index (χ0) is 36.9. The van der Waals surface area contributed by atoms with E-state index in [9.17, 15) is 5.11 Å². The molecule has 3 heteroatoms. The Kier molecular flexibility index (Phi) is 14.8. The van der Waals surface area contributed by atoms with Crippen molar-refractivity contribution in [2.24, 2.45) is 11.8 Å². The molecule has 2 aliphatic rings. The van der Waals surface area contributed by atoms with Crippen LogP contribution in [0.25, 0.3) is 0 Å². The fourth-order valence-electron chi connectivity index (χ4n) is 7.13. The molecule has 0 spiro atoms. The van der Waals surface area contributed by atoms with Gasteiger partial charge in [0, 0.05) is 27.9 Å². The van der Waals surface area contributed by atoms with Gasteiger partial charge in [0.1, 0.15) is 5.75 Å². The SMILES string of the molecule is CC(C)C(C)(C)c1cc(C(C)(C)C)cc(CS)c1O.CC(C)C(C)(C)c1cc(C(C)(C)C)cc(CSC2CCCCCCC2)c1C1CCC1. The van der Waals surface area contributed by atoms with Crippen molar-refractivity contribution in [1.29, 1.82) is 0 Å². The van der Waals surface area contributed by atoms with Gasteiger partial charge in [-0.25, -0.2) is 0 Å². The maximum atomic E-state index is 10.5. The first-order valence-corrected chi connectivity index (χ1v) is 21.6. The van der Waals surface area contributed by atoms with E-state index in [4.69, 9.17) is 0 Å². The second-order valence-electron chi connectivity index (χ2n) is 19.4. The average Bonchev–Trinajstić information content (AvgIpc) is 2.95. The van der Waals surface area contributed by atoms with E-state index in [2.05, 4.69) is 146 Å². The molecule has 4 rings (SSSR count). The van der Waals surface area contributed by atoms with E-state index in [0.717, 1.165) is 22.3 Å². The third-order valence-electron chi connectivity index (χ3n) is 12.7. The summed E-state index contributed by atoms with van der Waals surface area (Å²) in [4.78, 5) is 0. The molecule has 0 aromatic heterocycles. The highest BCUT2D eigenvalue weighted by atomic mass is 32.2. The molecular weight excluding hydrogens is 633 g/mol. The maximum absolute atomic E-state index is 10.5. The van der Waals surface area contributed by atoms with Crippen LogP contribution in [0.2, 0.25) is 0 Å². The molecule has 1 N–H and O–H groups in total. The third-order valence-corrected chi connectivity index (χ3v) is 14.4. The molecule has 278 valence electrons. The largest absolute Gasteiger partial charge is 0.507 e. The molecular formula is C46H76OS2. The van der Waals surface area contributed by atoms with E-state index in [1.165, 1.54) is 75.5 Å². The van der Waals surface area contributed by atoms with Crippen molar-refractivity contribution in [3.63, 3.8) is 0 Å². The Morgan fingerprint density at radius 3 is 1.51 bits per heavy atom. The molecule has 2 aliphatic carbocycles. The summed E-state index contributed by atoms with van der Waals surface area (Å²) in [5.41, 5.74) is 10.3. The first-order valence-electron chi connectivity index (χ1n) is 19.9. The van der Waals surface area contributed by atoms with Crippen LogP contribution in [0.15, 0.2) is 24.3 Å². The van der Waals surface area contributed by atoms with E-state index < -0.39 is 0 Å². The van der Waals surface area contributed by atoms with Gasteiger partial charge in [0.25, 0.3) is 0 Å². The van der Waals surface area contributed by atoms with Crippen LogP contribution in [-0.4, -0.2) is 10.4 Å². The number of benzene rings is 2. The van der Waals surface area contributed by atoms with Crippen LogP contribution in [0.5, 0.6) is 5.75 Å². The predicted octanol–water partition coefficient (Wildman–Crippen LogP) is 14.6. The number of phenols is 1. The van der Waals surface area contributed by atoms with Crippen LogP contribution in [0, 0.1) is 11.8 Å². The lowest BCUT2D eigenvalue weighted by Gasteiger charge is -2.39. The average molecular weight is 709 g/mol. The summed E-state index contributed by atoms with van der Waals surface area (Å²) in [5.74, 6) is 4.12. The normalized spacial score (nSPS) is 17.4. The molecule has 0 aliphatic heterocycles. The molecule has 0 amide bonds. The summed E-state index contributed by atoms with van der Waals surface area (Å²) in [7, 11) is 0. The molecule has 2 aromatic rings. The van der Waals surface area contributed by atoms with Gasteiger partial charge in [-0.15, -0.1) is 0 Å². The van der Waals surface area contributed by atoms with E-state index in [1.54, 1.807) is 22.3 Å². The topological polar surface area (TPSA) is 20.2 Å². The Bertz CT molecular complexity index is 1340. The van der Waals surface area contributed by atoms with Gasteiger partial charge in [-0.05, 0) is 92.9 Å². The lowest BCUT2D eigenvalue weighted by Crippen LogP contribution is -2.30. The minimum Gasteiger partial charge on any atom is -0.507 e. The van der Waals surface area contributed by atoms with E-state index >= 15 is 0 Å². The lowest BCUT2D eigenvalue weighted by atomic mass is 9.66. The van der Waals surface area contributed by atoms with Gasteiger partial charge in [0.2, 0.25) is 0 Å². The van der Waals surface area contributed by atoms with Crippen LogP contribution in [0.3, 0.4) is 0 Å². The smallest absolute Gasteiger partial charge is 0.123 e. The molecule has 2 aromatic carbocycles. The number of thiol groups is 1. The molecule has 0 heterocycles. The van der Waals surface area contributed by atoms with Gasteiger partial charge in [0.15, 0.2) is 0 Å². The predicted molar refractivity (Wildman–Crippen MR) is 224 cm³/mol. The summed E-state index contributed by atoms with van der Waals surface area (Å²) in [5, 5.41) is 11.4. The molecule has 0 radical (unpaired) electrons. The highest BCUT2D eigenvalue weighted by molar-refractivity contribution is 7.99. The maximum Gasteiger partial charge on any atom is 0.123 e.